The Kier molecular flexibility index (Phi) is 4.90. The second kappa shape index (κ2) is 6.40. The third-order valence-corrected chi connectivity index (χ3v) is 5.37. The van der Waals surface area contributed by atoms with E-state index in [1.807, 2.05) is 6.92 Å². The predicted molar refractivity (Wildman–Crippen MR) is 86.5 cm³/mol. The highest BCUT2D eigenvalue weighted by atomic mass is 35.5. The molecule has 1 unspecified atom stereocenters. The molecule has 0 aromatic carbocycles. The Morgan fingerprint density at radius 3 is 2.74 bits per heavy atom. The number of sulfonamides is 1. The van der Waals surface area contributed by atoms with E-state index in [-0.39, 0.29) is 34.4 Å². The van der Waals surface area contributed by atoms with Crippen molar-refractivity contribution in [2.45, 2.75) is 17.9 Å². The maximum absolute atomic E-state index is 12.6. The molecule has 1 aliphatic rings. The van der Waals surface area contributed by atoms with Gasteiger partial charge in [-0.15, -0.1) is 12.4 Å². The largest absolute Gasteiger partial charge is 0.327 e. The molecule has 9 nitrogen and oxygen atoms in total. The average Bonchev–Trinajstić information content (AvgIpc) is 2.46. The number of aromatic amines is 2. The van der Waals surface area contributed by atoms with Gasteiger partial charge in [0.1, 0.15) is 10.5 Å². The quantitative estimate of drug-likeness (QED) is 0.630. The molecule has 0 radical (unpaired) electrons. The van der Waals surface area contributed by atoms with Crippen molar-refractivity contribution in [1.82, 2.24) is 24.6 Å². The van der Waals surface area contributed by atoms with Crippen LogP contribution in [-0.4, -0.2) is 53.4 Å². The maximum atomic E-state index is 12.6. The molecule has 2 aromatic rings. The van der Waals surface area contributed by atoms with Crippen molar-refractivity contribution in [1.29, 1.82) is 0 Å². The first-order valence-electron chi connectivity index (χ1n) is 6.74. The average molecular weight is 362 g/mol. The van der Waals surface area contributed by atoms with E-state index in [9.17, 15) is 18.0 Å². The molecule has 11 heteroatoms. The molecule has 1 fully saturated rings. The normalized spacial score (nSPS) is 19.4. The molecule has 126 valence electrons. The highest BCUT2D eigenvalue weighted by Crippen LogP contribution is 2.18. The monoisotopic (exact) mass is 361 g/mol. The summed E-state index contributed by atoms with van der Waals surface area (Å²) >= 11 is 0. The Morgan fingerprint density at radius 1 is 1.30 bits per heavy atom. The van der Waals surface area contributed by atoms with E-state index >= 15 is 0 Å². The fraction of sp³-hybridized carbons (Fsp3) is 0.417. The Labute approximate surface area is 137 Å². The van der Waals surface area contributed by atoms with E-state index in [4.69, 9.17) is 0 Å². The van der Waals surface area contributed by atoms with Crippen LogP contribution in [0.2, 0.25) is 0 Å². The first kappa shape index (κ1) is 17.6. The van der Waals surface area contributed by atoms with Crippen LogP contribution in [0, 0.1) is 0 Å². The fourth-order valence-electron chi connectivity index (χ4n) is 2.43. The number of nitrogens with one attached hydrogen (secondary N) is 3. The molecule has 2 aromatic heterocycles. The molecule has 3 N–H and O–H groups in total. The van der Waals surface area contributed by atoms with Crippen LogP contribution in [0.4, 0.5) is 0 Å². The smallest absolute Gasteiger partial charge is 0.312 e. The summed E-state index contributed by atoms with van der Waals surface area (Å²) in [4.78, 5) is 31.2. The van der Waals surface area contributed by atoms with Gasteiger partial charge >= 0.3 is 5.69 Å². The van der Waals surface area contributed by atoms with Crippen LogP contribution < -0.4 is 16.6 Å². The summed E-state index contributed by atoms with van der Waals surface area (Å²) in [6.07, 6.45) is 1.15. The number of nitrogens with zero attached hydrogens (tertiary/aromatic N) is 2. The van der Waals surface area contributed by atoms with Gasteiger partial charge in [-0.3, -0.25) is 14.8 Å². The molecule has 23 heavy (non-hydrogen) atoms. The number of halogens is 1. The van der Waals surface area contributed by atoms with Crippen molar-refractivity contribution in [3.8, 4) is 0 Å². The van der Waals surface area contributed by atoms with E-state index in [0.717, 1.165) is 6.20 Å². The number of hydrogen-bond donors (Lipinski definition) is 3. The number of rotatable bonds is 2. The standard InChI is InChI=1S/C12H15N5O4S.ClH/c1-7-6-17(3-2-13-7)22(20,21)8-4-9-10(14-5-8)15-12(19)16-11(9)18;/h4-5,7,13H,2-3,6H2,1H3,(H2,14,15,16,18,19);1H. The summed E-state index contributed by atoms with van der Waals surface area (Å²) in [5, 5.41) is 3.20. The van der Waals surface area contributed by atoms with Crippen LogP contribution in [0.5, 0.6) is 0 Å². The van der Waals surface area contributed by atoms with Crippen LogP contribution in [0.1, 0.15) is 6.92 Å². The molecule has 0 spiro atoms. The van der Waals surface area contributed by atoms with E-state index in [2.05, 4.69) is 20.3 Å². The highest BCUT2D eigenvalue weighted by molar-refractivity contribution is 7.89. The van der Waals surface area contributed by atoms with Crippen molar-refractivity contribution in [3.63, 3.8) is 0 Å². The Bertz CT molecular complexity index is 938. The van der Waals surface area contributed by atoms with E-state index in [1.165, 1.54) is 10.4 Å². The second-order valence-corrected chi connectivity index (χ2v) is 7.13. The van der Waals surface area contributed by atoms with Crippen molar-refractivity contribution in [3.05, 3.63) is 33.1 Å². The molecule has 0 saturated carbocycles. The lowest BCUT2D eigenvalue weighted by atomic mass is 10.3. The van der Waals surface area contributed by atoms with Gasteiger partial charge in [0.2, 0.25) is 10.0 Å². The maximum Gasteiger partial charge on any atom is 0.327 e. The van der Waals surface area contributed by atoms with Gasteiger partial charge in [0.15, 0.2) is 0 Å². The summed E-state index contributed by atoms with van der Waals surface area (Å²) in [5.41, 5.74) is -1.30. The van der Waals surface area contributed by atoms with Crippen LogP contribution in [0.3, 0.4) is 0 Å². The lowest BCUT2D eigenvalue weighted by Crippen LogP contribution is -2.51. The zero-order valence-electron chi connectivity index (χ0n) is 12.2. The van der Waals surface area contributed by atoms with Crippen LogP contribution in [-0.2, 0) is 10.0 Å². The van der Waals surface area contributed by atoms with Gasteiger partial charge in [-0.2, -0.15) is 4.31 Å². The van der Waals surface area contributed by atoms with Crippen LogP contribution >= 0.6 is 12.4 Å². The number of hydrogen-bond acceptors (Lipinski definition) is 6. The molecule has 0 amide bonds. The first-order valence-corrected chi connectivity index (χ1v) is 8.18. The number of pyridine rings is 1. The summed E-state index contributed by atoms with van der Waals surface area (Å²) in [6.45, 7) is 3.17. The minimum Gasteiger partial charge on any atom is -0.312 e. The fourth-order valence-corrected chi connectivity index (χ4v) is 3.94. The summed E-state index contributed by atoms with van der Waals surface area (Å²) in [6, 6.07) is 1.29. The third kappa shape index (κ3) is 3.29. The zero-order valence-corrected chi connectivity index (χ0v) is 13.8. The molecule has 1 saturated heterocycles. The van der Waals surface area contributed by atoms with Gasteiger partial charge < -0.3 is 5.32 Å². The number of piperazine rings is 1. The zero-order chi connectivity index (χ0) is 15.9. The number of H-pyrrole nitrogens is 2. The lowest BCUT2D eigenvalue weighted by Gasteiger charge is -2.30. The summed E-state index contributed by atoms with van der Waals surface area (Å²) in [7, 11) is -3.73. The molecular formula is C12H16ClN5O4S. The van der Waals surface area contributed by atoms with E-state index < -0.39 is 21.3 Å². The minimum absolute atomic E-state index is 0. The Hall–Kier alpha value is -1.75. The number of aromatic nitrogens is 3. The van der Waals surface area contributed by atoms with Crippen molar-refractivity contribution in [2.75, 3.05) is 19.6 Å². The van der Waals surface area contributed by atoms with Crippen molar-refractivity contribution >= 4 is 33.5 Å². The van der Waals surface area contributed by atoms with Gasteiger partial charge in [-0.05, 0) is 13.0 Å². The van der Waals surface area contributed by atoms with Gasteiger partial charge in [0.25, 0.3) is 5.56 Å². The summed E-state index contributed by atoms with van der Waals surface area (Å²) < 4.78 is 26.6. The number of fused-ring (bicyclic) bond motifs is 1. The summed E-state index contributed by atoms with van der Waals surface area (Å²) in [5.74, 6) is 0. The molecule has 3 rings (SSSR count). The molecule has 0 aliphatic carbocycles. The second-order valence-electron chi connectivity index (χ2n) is 5.19. The molecular weight excluding hydrogens is 346 g/mol. The van der Waals surface area contributed by atoms with E-state index in [1.54, 1.807) is 0 Å². The van der Waals surface area contributed by atoms with Gasteiger partial charge in [0.05, 0.1) is 5.39 Å². The third-order valence-electron chi connectivity index (χ3n) is 3.54. The molecule has 3 heterocycles. The molecule has 1 aliphatic heterocycles. The SMILES string of the molecule is CC1CN(S(=O)(=O)c2cnc3[nH]c(=O)[nH]c(=O)c3c2)CCN1.Cl. The first-order chi connectivity index (χ1) is 10.4. The van der Waals surface area contributed by atoms with Gasteiger partial charge in [-0.1, -0.05) is 0 Å². The highest BCUT2D eigenvalue weighted by Gasteiger charge is 2.29. The van der Waals surface area contributed by atoms with E-state index in [0.29, 0.717) is 19.6 Å². The van der Waals surface area contributed by atoms with Crippen LogP contribution in [0.15, 0.2) is 26.7 Å². The topological polar surface area (TPSA) is 128 Å². The Balaban J connectivity index is 0.00000192. The minimum atomic E-state index is -3.73. The predicted octanol–water partition coefficient (Wildman–Crippen LogP) is -0.984. The van der Waals surface area contributed by atoms with Gasteiger partial charge in [-0.25, -0.2) is 18.2 Å². The van der Waals surface area contributed by atoms with Gasteiger partial charge in [0, 0.05) is 31.9 Å². The lowest BCUT2D eigenvalue weighted by molar-refractivity contribution is 0.310. The van der Waals surface area contributed by atoms with Crippen LogP contribution in [0.25, 0.3) is 11.0 Å². The molecule has 1 atom stereocenters. The van der Waals surface area contributed by atoms with Crippen molar-refractivity contribution in [2.24, 2.45) is 0 Å². The molecule has 0 bridgehead atoms. The van der Waals surface area contributed by atoms with Crippen molar-refractivity contribution < 1.29 is 8.42 Å². The Morgan fingerprint density at radius 2 is 2.04 bits per heavy atom.